The molecule has 2 rings (SSSR count). The molecule has 1 N–H and O–H groups in total. The zero-order chi connectivity index (χ0) is 11.4. The molecule has 82 valence electrons. The molecule has 0 aliphatic rings. The van der Waals surface area contributed by atoms with Gasteiger partial charge in [0.1, 0.15) is 0 Å². The van der Waals surface area contributed by atoms with E-state index in [1.165, 1.54) is 0 Å². The van der Waals surface area contributed by atoms with Crippen molar-refractivity contribution in [2.24, 2.45) is 0 Å². The van der Waals surface area contributed by atoms with Gasteiger partial charge in [-0.25, -0.2) is 0 Å². The number of hydrogen-bond donors (Lipinski definition) is 2. The molecule has 3 nitrogen and oxygen atoms in total. The van der Waals surface area contributed by atoms with Crippen LogP contribution in [-0.4, -0.2) is 5.91 Å². The minimum absolute atomic E-state index is 0.114. The summed E-state index contributed by atoms with van der Waals surface area (Å²) in [4.78, 5) is 12.5. The standard InChI is InChI=1S/C12H11NO2S/c14-12(10-2-1-3-11(16)6-10)13-7-9-4-5-15-8-9/h1-6,8,16H,7H2,(H,13,14). The Hall–Kier alpha value is -1.68. The number of benzene rings is 1. The third-order valence-corrected chi connectivity index (χ3v) is 2.42. The van der Waals surface area contributed by atoms with Crippen molar-refractivity contribution in [3.63, 3.8) is 0 Å². The summed E-state index contributed by atoms with van der Waals surface area (Å²) in [6.45, 7) is 0.464. The molecule has 0 bridgehead atoms. The number of furan rings is 1. The van der Waals surface area contributed by atoms with Crippen molar-refractivity contribution in [3.05, 3.63) is 54.0 Å². The van der Waals surface area contributed by atoms with Gasteiger partial charge in [0, 0.05) is 22.6 Å². The summed E-state index contributed by atoms with van der Waals surface area (Å²) in [6.07, 6.45) is 3.19. The maximum Gasteiger partial charge on any atom is 0.251 e. The van der Waals surface area contributed by atoms with Crippen LogP contribution in [0.25, 0.3) is 0 Å². The van der Waals surface area contributed by atoms with Crippen LogP contribution in [0, 0.1) is 0 Å². The summed E-state index contributed by atoms with van der Waals surface area (Å²) >= 11 is 4.18. The lowest BCUT2D eigenvalue weighted by Crippen LogP contribution is -2.22. The molecule has 0 radical (unpaired) electrons. The van der Waals surface area contributed by atoms with Crippen LogP contribution < -0.4 is 5.32 Å². The molecule has 16 heavy (non-hydrogen) atoms. The summed E-state index contributed by atoms with van der Waals surface area (Å²) < 4.78 is 4.91. The highest BCUT2D eigenvalue weighted by Crippen LogP contribution is 2.09. The summed E-state index contributed by atoms with van der Waals surface area (Å²) in [7, 11) is 0. The van der Waals surface area contributed by atoms with Crippen LogP contribution in [0.4, 0.5) is 0 Å². The summed E-state index contributed by atoms with van der Waals surface area (Å²) in [6, 6.07) is 8.93. The molecule has 0 fully saturated rings. The Morgan fingerprint density at radius 1 is 1.38 bits per heavy atom. The lowest BCUT2D eigenvalue weighted by molar-refractivity contribution is 0.0950. The second kappa shape index (κ2) is 4.90. The van der Waals surface area contributed by atoms with E-state index >= 15 is 0 Å². The number of nitrogens with one attached hydrogen (secondary N) is 1. The highest BCUT2D eigenvalue weighted by Gasteiger charge is 2.05. The number of hydrogen-bond acceptors (Lipinski definition) is 3. The zero-order valence-electron chi connectivity index (χ0n) is 8.51. The summed E-state index contributed by atoms with van der Waals surface area (Å²) in [5, 5.41) is 2.80. The van der Waals surface area contributed by atoms with E-state index in [9.17, 15) is 4.79 Å². The quantitative estimate of drug-likeness (QED) is 0.800. The van der Waals surface area contributed by atoms with Gasteiger partial charge in [0.25, 0.3) is 5.91 Å². The fraction of sp³-hybridized carbons (Fsp3) is 0.0833. The molecule has 0 unspecified atom stereocenters. The van der Waals surface area contributed by atoms with Gasteiger partial charge < -0.3 is 9.73 Å². The molecular formula is C12H11NO2S. The Morgan fingerprint density at radius 3 is 2.94 bits per heavy atom. The van der Waals surface area contributed by atoms with E-state index in [2.05, 4.69) is 17.9 Å². The molecule has 0 saturated heterocycles. The van der Waals surface area contributed by atoms with Crippen LogP contribution in [0.2, 0.25) is 0 Å². The lowest BCUT2D eigenvalue weighted by Gasteiger charge is -2.03. The van der Waals surface area contributed by atoms with Gasteiger partial charge in [0.15, 0.2) is 0 Å². The summed E-state index contributed by atoms with van der Waals surface area (Å²) in [5.74, 6) is -0.114. The van der Waals surface area contributed by atoms with Gasteiger partial charge in [-0.15, -0.1) is 12.6 Å². The molecule has 1 aromatic carbocycles. The highest BCUT2D eigenvalue weighted by atomic mass is 32.1. The second-order valence-corrected chi connectivity index (χ2v) is 3.88. The van der Waals surface area contributed by atoms with E-state index in [4.69, 9.17) is 4.42 Å². The minimum atomic E-state index is -0.114. The predicted molar refractivity (Wildman–Crippen MR) is 63.6 cm³/mol. The molecule has 0 saturated carbocycles. The SMILES string of the molecule is O=C(NCc1ccoc1)c1cccc(S)c1. The first-order valence-corrected chi connectivity index (χ1v) is 5.29. The van der Waals surface area contributed by atoms with Crippen LogP contribution in [0.5, 0.6) is 0 Å². The van der Waals surface area contributed by atoms with Gasteiger partial charge in [-0.2, -0.15) is 0 Å². The van der Waals surface area contributed by atoms with Crippen molar-refractivity contribution in [3.8, 4) is 0 Å². The topological polar surface area (TPSA) is 42.2 Å². The monoisotopic (exact) mass is 233 g/mol. The molecular weight excluding hydrogens is 222 g/mol. The first-order chi connectivity index (χ1) is 7.75. The molecule has 2 aromatic rings. The number of amides is 1. The van der Waals surface area contributed by atoms with Gasteiger partial charge in [-0.3, -0.25) is 4.79 Å². The molecule has 1 heterocycles. The van der Waals surface area contributed by atoms with Gasteiger partial charge in [-0.05, 0) is 24.3 Å². The van der Waals surface area contributed by atoms with Crippen molar-refractivity contribution in [2.45, 2.75) is 11.4 Å². The van der Waals surface area contributed by atoms with Crippen molar-refractivity contribution >= 4 is 18.5 Å². The van der Waals surface area contributed by atoms with Crippen LogP contribution >= 0.6 is 12.6 Å². The maximum atomic E-state index is 11.7. The zero-order valence-corrected chi connectivity index (χ0v) is 9.41. The molecule has 0 aliphatic carbocycles. The Bertz CT molecular complexity index is 480. The summed E-state index contributed by atoms with van der Waals surface area (Å²) in [5.41, 5.74) is 1.55. The van der Waals surface area contributed by atoms with E-state index < -0.39 is 0 Å². The van der Waals surface area contributed by atoms with Crippen molar-refractivity contribution < 1.29 is 9.21 Å². The minimum Gasteiger partial charge on any atom is -0.472 e. The third kappa shape index (κ3) is 2.67. The Labute approximate surface area is 98.9 Å². The fourth-order valence-electron chi connectivity index (χ4n) is 1.32. The highest BCUT2D eigenvalue weighted by molar-refractivity contribution is 7.80. The smallest absolute Gasteiger partial charge is 0.251 e. The fourth-order valence-corrected chi connectivity index (χ4v) is 1.55. The average molecular weight is 233 g/mol. The van der Waals surface area contributed by atoms with E-state index in [0.717, 1.165) is 10.5 Å². The van der Waals surface area contributed by atoms with Gasteiger partial charge in [-0.1, -0.05) is 6.07 Å². The predicted octanol–water partition coefficient (Wildman–Crippen LogP) is 2.50. The van der Waals surface area contributed by atoms with E-state index in [1.54, 1.807) is 30.7 Å². The number of carbonyl (C=O) groups excluding carboxylic acids is 1. The first-order valence-electron chi connectivity index (χ1n) is 4.84. The van der Waals surface area contributed by atoms with Crippen molar-refractivity contribution in [1.29, 1.82) is 0 Å². The number of carbonyl (C=O) groups is 1. The Morgan fingerprint density at radius 2 is 2.25 bits per heavy atom. The van der Waals surface area contributed by atoms with Gasteiger partial charge >= 0.3 is 0 Å². The first kappa shape index (κ1) is 10.8. The van der Waals surface area contributed by atoms with Gasteiger partial charge in [0.05, 0.1) is 12.5 Å². The molecule has 0 atom stereocenters. The second-order valence-electron chi connectivity index (χ2n) is 3.36. The Balaban J connectivity index is 1.98. The molecule has 4 heteroatoms. The van der Waals surface area contributed by atoms with E-state index in [1.807, 2.05) is 12.1 Å². The van der Waals surface area contributed by atoms with Crippen LogP contribution in [-0.2, 0) is 6.54 Å². The van der Waals surface area contributed by atoms with E-state index in [0.29, 0.717) is 12.1 Å². The van der Waals surface area contributed by atoms with Crippen molar-refractivity contribution in [2.75, 3.05) is 0 Å². The van der Waals surface area contributed by atoms with Crippen LogP contribution in [0.15, 0.2) is 52.2 Å². The largest absolute Gasteiger partial charge is 0.472 e. The van der Waals surface area contributed by atoms with Crippen LogP contribution in [0.1, 0.15) is 15.9 Å². The third-order valence-electron chi connectivity index (χ3n) is 2.14. The normalized spacial score (nSPS) is 10.1. The molecule has 1 aromatic heterocycles. The number of rotatable bonds is 3. The Kier molecular flexibility index (Phi) is 3.31. The van der Waals surface area contributed by atoms with E-state index in [-0.39, 0.29) is 5.91 Å². The number of thiol groups is 1. The van der Waals surface area contributed by atoms with Crippen molar-refractivity contribution in [1.82, 2.24) is 5.32 Å². The molecule has 0 spiro atoms. The van der Waals surface area contributed by atoms with Gasteiger partial charge in [0.2, 0.25) is 0 Å². The lowest BCUT2D eigenvalue weighted by atomic mass is 10.2. The molecule has 0 aliphatic heterocycles. The molecule has 1 amide bonds. The van der Waals surface area contributed by atoms with Crippen LogP contribution in [0.3, 0.4) is 0 Å². The maximum absolute atomic E-state index is 11.7. The average Bonchev–Trinajstić information content (AvgIpc) is 2.78.